The summed E-state index contributed by atoms with van der Waals surface area (Å²) in [4.78, 5) is 18.9. The predicted octanol–water partition coefficient (Wildman–Crippen LogP) is 4.29. The number of sulfonamides is 1. The van der Waals surface area contributed by atoms with Crippen molar-refractivity contribution < 1.29 is 17.6 Å². The molecule has 1 aromatic heterocycles. The molecule has 2 aromatic carbocycles. The van der Waals surface area contributed by atoms with Crippen LogP contribution < -0.4 is 0 Å². The van der Waals surface area contributed by atoms with Crippen molar-refractivity contribution in [1.82, 2.24) is 14.1 Å². The molecule has 2 aliphatic rings. The second kappa shape index (κ2) is 10.3. The van der Waals surface area contributed by atoms with Gasteiger partial charge in [-0.3, -0.25) is 9.69 Å². The van der Waals surface area contributed by atoms with Gasteiger partial charge in [0.1, 0.15) is 5.82 Å². The van der Waals surface area contributed by atoms with E-state index in [0.717, 1.165) is 34.2 Å². The number of halogens is 1. The minimum atomic E-state index is -3.64. The van der Waals surface area contributed by atoms with E-state index in [1.54, 1.807) is 28.4 Å². The summed E-state index contributed by atoms with van der Waals surface area (Å²) < 4.78 is 42.5. The number of rotatable bonds is 5. The van der Waals surface area contributed by atoms with Gasteiger partial charge in [0.05, 0.1) is 17.5 Å². The molecule has 196 valence electrons. The highest BCUT2D eigenvalue weighted by Crippen LogP contribution is 2.38. The van der Waals surface area contributed by atoms with Crippen LogP contribution in [-0.2, 0) is 21.2 Å². The summed E-state index contributed by atoms with van der Waals surface area (Å²) in [5.74, 6) is -0.317. The van der Waals surface area contributed by atoms with Crippen molar-refractivity contribution in [3.63, 3.8) is 0 Å². The van der Waals surface area contributed by atoms with Crippen LogP contribution in [0.5, 0.6) is 0 Å². The highest BCUT2D eigenvalue weighted by molar-refractivity contribution is 7.89. The fourth-order valence-electron chi connectivity index (χ4n) is 5.76. The molecule has 9 heteroatoms. The van der Waals surface area contributed by atoms with Crippen LogP contribution in [0.15, 0.2) is 52.7 Å². The summed E-state index contributed by atoms with van der Waals surface area (Å²) in [6.07, 6.45) is 0.855. The second-order valence-electron chi connectivity index (χ2n) is 9.99. The van der Waals surface area contributed by atoms with Crippen molar-refractivity contribution in [2.75, 3.05) is 39.3 Å². The van der Waals surface area contributed by atoms with Crippen molar-refractivity contribution in [3.05, 3.63) is 86.4 Å². The van der Waals surface area contributed by atoms with Crippen molar-refractivity contribution in [3.8, 4) is 0 Å². The molecule has 0 bridgehead atoms. The Morgan fingerprint density at radius 1 is 1.00 bits per heavy atom. The fourth-order valence-corrected chi connectivity index (χ4v) is 8.50. The highest BCUT2D eigenvalue weighted by Gasteiger charge is 2.35. The number of hydrogen-bond acceptors (Lipinski definition) is 5. The number of hydrogen-bond donors (Lipinski definition) is 0. The Morgan fingerprint density at radius 2 is 1.70 bits per heavy atom. The third-order valence-corrected chi connectivity index (χ3v) is 10.6. The third kappa shape index (κ3) is 5.10. The van der Waals surface area contributed by atoms with Gasteiger partial charge in [-0.15, -0.1) is 11.3 Å². The zero-order valence-electron chi connectivity index (χ0n) is 21.4. The Morgan fingerprint density at radius 3 is 2.38 bits per heavy atom. The van der Waals surface area contributed by atoms with E-state index in [4.69, 9.17) is 0 Å². The minimum Gasteiger partial charge on any atom is -0.339 e. The van der Waals surface area contributed by atoms with Crippen LogP contribution in [0.3, 0.4) is 0 Å². The lowest BCUT2D eigenvalue weighted by Gasteiger charge is -2.39. The lowest BCUT2D eigenvalue weighted by molar-refractivity contribution is -0.134. The van der Waals surface area contributed by atoms with Gasteiger partial charge in [-0.2, -0.15) is 4.31 Å². The van der Waals surface area contributed by atoms with E-state index in [9.17, 15) is 17.6 Å². The van der Waals surface area contributed by atoms with Gasteiger partial charge in [0.15, 0.2) is 0 Å². The van der Waals surface area contributed by atoms with Crippen LogP contribution in [0.4, 0.5) is 4.39 Å². The van der Waals surface area contributed by atoms with Gasteiger partial charge < -0.3 is 4.90 Å². The minimum absolute atomic E-state index is 0.0279. The van der Waals surface area contributed by atoms with Gasteiger partial charge in [-0.1, -0.05) is 29.8 Å². The molecule has 1 saturated heterocycles. The fraction of sp³-hybridized carbons (Fsp3) is 0.393. The average molecular weight is 542 g/mol. The summed E-state index contributed by atoms with van der Waals surface area (Å²) >= 11 is 1.70. The van der Waals surface area contributed by atoms with Gasteiger partial charge in [-0.05, 0) is 73.0 Å². The number of piperazine rings is 1. The van der Waals surface area contributed by atoms with E-state index in [0.29, 0.717) is 24.5 Å². The Labute approximate surface area is 222 Å². The molecule has 37 heavy (non-hydrogen) atoms. The van der Waals surface area contributed by atoms with E-state index >= 15 is 0 Å². The number of aryl methyl sites for hydroxylation is 3. The quantitative estimate of drug-likeness (QED) is 0.484. The maximum absolute atomic E-state index is 14.1. The number of benzene rings is 2. The number of amides is 1. The zero-order valence-corrected chi connectivity index (χ0v) is 23.0. The van der Waals surface area contributed by atoms with Crippen molar-refractivity contribution in [2.45, 2.75) is 38.1 Å². The summed E-state index contributed by atoms with van der Waals surface area (Å²) in [5, 5.41) is 2.05. The molecule has 6 nitrogen and oxygen atoms in total. The van der Waals surface area contributed by atoms with Crippen LogP contribution in [0, 0.1) is 26.6 Å². The Hall–Kier alpha value is -2.59. The molecule has 0 unspecified atom stereocenters. The number of carbonyl (C=O) groups excluding carboxylic acids is 1. The zero-order chi connectivity index (χ0) is 26.3. The Bertz CT molecular complexity index is 1400. The predicted molar refractivity (Wildman–Crippen MR) is 144 cm³/mol. The van der Waals surface area contributed by atoms with Crippen LogP contribution >= 0.6 is 11.3 Å². The largest absolute Gasteiger partial charge is 0.339 e. The molecular formula is C28H32FN3O3S2. The van der Waals surface area contributed by atoms with Gasteiger partial charge in [-0.25, -0.2) is 12.8 Å². The van der Waals surface area contributed by atoms with E-state index in [2.05, 4.69) is 16.3 Å². The van der Waals surface area contributed by atoms with Gasteiger partial charge in [0, 0.05) is 37.6 Å². The summed E-state index contributed by atoms with van der Waals surface area (Å²) in [6, 6.07) is 12.3. The van der Waals surface area contributed by atoms with Crippen LogP contribution in [-0.4, -0.2) is 67.7 Å². The summed E-state index contributed by atoms with van der Waals surface area (Å²) in [6.45, 7) is 7.78. The first-order chi connectivity index (χ1) is 17.6. The molecule has 0 aliphatic carbocycles. The first-order valence-corrected chi connectivity index (χ1v) is 14.9. The van der Waals surface area contributed by atoms with E-state index in [1.165, 1.54) is 15.2 Å². The molecule has 3 aromatic rings. The standard InChI is InChI=1S/C28H32FN3O3S2/c1-19-15-20(2)28(21(3)16-19)37(34,35)32-12-10-30(11-13-32)26(33)18-31-9-7-25-24(8-14-36-25)27(31)22-5-4-6-23(29)17-22/h4-6,8,14-17,27H,7,9-13,18H2,1-3H3/t27-/m1/s1. The maximum Gasteiger partial charge on any atom is 0.243 e. The number of fused-ring (bicyclic) bond motifs is 1. The Balaban J connectivity index is 1.29. The smallest absolute Gasteiger partial charge is 0.243 e. The van der Waals surface area contributed by atoms with Crippen molar-refractivity contribution in [1.29, 1.82) is 0 Å². The summed E-state index contributed by atoms with van der Waals surface area (Å²) in [7, 11) is -3.64. The number of nitrogens with zero attached hydrogens (tertiary/aromatic N) is 3. The molecule has 0 saturated carbocycles. The average Bonchev–Trinajstić information content (AvgIpc) is 3.32. The summed E-state index contributed by atoms with van der Waals surface area (Å²) in [5.41, 5.74) is 4.50. The lowest BCUT2D eigenvalue weighted by Crippen LogP contribution is -2.53. The van der Waals surface area contributed by atoms with E-state index < -0.39 is 10.0 Å². The molecule has 3 heterocycles. The first-order valence-electron chi connectivity index (χ1n) is 12.6. The van der Waals surface area contributed by atoms with Crippen LogP contribution in [0.25, 0.3) is 0 Å². The molecule has 5 rings (SSSR count). The molecule has 0 radical (unpaired) electrons. The van der Waals surface area contributed by atoms with Crippen LogP contribution in [0.1, 0.15) is 38.7 Å². The second-order valence-corrected chi connectivity index (χ2v) is 12.9. The molecular weight excluding hydrogens is 509 g/mol. The van der Waals surface area contributed by atoms with E-state index in [1.807, 2.05) is 39.0 Å². The number of thiophene rings is 1. The monoisotopic (exact) mass is 541 g/mol. The normalized spacial score (nSPS) is 19.1. The third-order valence-electron chi connectivity index (χ3n) is 7.36. The highest BCUT2D eigenvalue weighted by atomic mass is 32.2. The lowest BCUT2D eigenvalue weighted by atomic mass is 9.93. The molecule has 0 N–H and O–H groups in total. The molecule has 1 atom stereocenters. The molecule has 1 fully saturated rings. The molecule has 1 amide bonds. The maximum atomic E-state index is 14.1. The van der Waals surface area contributed by atoms with Crippen molar-refractivity contribution in [2.24, 2.45) is 0 Å². The first kappa shape index (κ1) is 26.0. The van der Waals surface area contributed by atoms with Gasteiger partial charge in [0.25, 0.3) is 0 Å². The Kier molecular flexibility index (Phi) is 7.24. The number of carbonyl (C=O) groups is 1. The topological polar surface area (TPSA) is 60.9 Å². The molecule has 2 aliphatic heterocycles. The SMILES string of the molecule is Cc1cc(C)c(S(=O)(=O)N2CCN(C(=O)CN3CCc4sccc4[C@H]3c3cccc(F)c3)CC2)c(C)c1. The molecule has 0 spiro atoms. The van der Waals surface area contributed by atoms with Crippen molar-refractivity contribution >= 4 is 27.3 Å². The van der Waals surface area contributed by atoms with Gasteiger partial charge >= 0.3 is 0 Å². The van der Waals surface area contributed by atoms with Crippen LogP contribution in [0.2, 0.25) is 0 Å². The van der Waals surface area contributed by atoms with Gasteiger partial charge in [0.2, 0.25) is 15.9 Å². The van der Waals surface area contributed by atoms with E-state index in [-0.39, 0.29) is 37.4 Å².